The number of hydrogen-bond donors (Lipinski definition) is 0. The van der Waals surface area contributed by atoms with E-state index in [0.29, 0.717) is 16.9 Å². The highest BCUT2D eigenvalue weighted by Crippen LogP contribution is 2.38. The summed E-state index contributed by atoms with van der Waals surface area (Å²) in [6.07, 6.45) is 3.65. The topological polar surface area (TPSA) is 43.5 Å². The number of carbonyl (C=O) groups excluding carboxylic acids is 1. The summed E-state index contributed by atoms with van der Waals surface area (Å²) in [4.78, 5) is 26.9. The molecule has 156 valence electrons. The molecule has 32 heavy (non-hydrogen) atoms. The molecule has 0 N–H and O–H groups in total. The fraction of sp³-hybridized carbons (Fsp3) is 0.0714. The summed E-state index contributed by atoms with van der Waals surface area (Å²) in [5.41, 5.74) is 6.21. The van der Waals surface area contributed by atoms with Gasteiger partial charge in [0, 0.05) is 29.6 Å². The second-order valence-corrected chi connectivity index (χ2v) is 7.90. The van der Waals surface area contributed by atoms with Gasteiger partial charge >= 0.3 is 0 Å². The molecule has 0 aliphatic heterocycles. The lowest BCUT2D eigenvalue weighted by Crippen LogP contribution is -2.16. The highest BCUT2D eigenvalue weighted by atomic mass is 16.1. The van der Waals surface area contributed by atoms with E-state index in [9.17, 15) is 9.59 Å². The molecule has 0 saturated carbocycles. The monoisotopic (exact) mass is 418 g/mol. The molecule has 0 aliphatic rings. The third kappa shape index (κ3) is 3.08. The van der Waals surface area contributed by atoms with Gasteiger partial charge < -0.3 is 4.40 Å². The van der Waals surface area contributed by atoms with Gasteiger partial charge in [-0.15, -0.1) is 0 Å². The van der Waals surface area contributed by atoms with Crippen molar-refractivity contribution in [1.82, 2.24) is 8.97 Å². The molecular formula is C28H22N2O2. The molecule has 5 rings (SSSR count). The molecule has 0 unspecified atom stereocenters. The predicted molar refractivity (Wildman–Crippen MR) is 128 cm³/mol. The molecule has 0 spiro atoms. The van der Waals surface area contributed by atoms with Gasteiger partial charge in [-0.05, 0) is 48.7 Å². The number of pyridine rings is 2. The Hall–Kier alpha value is -4.18. The standard InChI is InChI=1S/C28H22N2O2/c1-19-11-3-5-13-21(19)25-26(30-18-10-8-16-24(30)31)23-15-7-9-17-29(23)27(25)28(32)22-14-6-4-12-20(22)2/h3-18H,1-2H3. The third-order valence-corrected chi connectivity index (χ3v) is 5.90. The van der Waals surface area contributed by atoms with Gasteiger partial charge in [-0.2, -0.15) is 0 Å². The van der Waals surface area contributed by atoms with Gasteiger partial charge in [-0.1, -0.05) is 60.7 Å². The van der Waals surface area contributed by atoms with E-state index in [4.69, 9.17) is 0 Å². The Balaban J connectivity index is 1.97. The molecule has 0 fully saturated rings. The first-order valence-corrected chi connectivity index (χ1v) is 10.6. The molecule has 0 bridgehead atoms. The van der Waals surface area contributed by atoms with Crippen LogP contribution in [0.5, 0.6) is 0 Å². The van der Waals surface area contributed by atoms with Crippen LogP contribution in [-0.2, 0) is 0 Å². The van der Waals surface area contributed by atoms with Gasteiger partial charge in [0.25, 0.3) is 5.56 Å². The Morgan fingerprint density at radius 2 is 1.38 bits per heavy atom. The van der Waals surface area contributed by atoms with E-state index in [2.05, 4.69) is 0 Å². The summed E-state index contributed by atoms with van der Waals surface area (Å²) in [5, 5.41) is 0. The zero-order valence-corrected chi connectivity index (χ0v) is 17.9. The molecule has 0 saturated heterocycles. The zero-order valence-electron chi connectivity index (χ0n) is 17.9. The van der Waals surface area contributed by atoms with Crippen molar-refractivity contribution >= 4 is 11.3 Å². The number of hydrogen-bond acceptors (Lipinski definition) is 2. The van der Waals surface area contributed by atoms with E-state index < -0.39 is 0 Å². The van der Waals surface area contributed by atoms with Gasteiger partial charge in [-0.3, -0.25) is 14.2 Å². The van der Waals surface area contributed by atoms with E-state index in [1.165, 1.54) is 6.07 Å². The Kier molecular flexibility index (Phi) is 4.83. The smallest absolute Gasteiger partial charge is 0.255 e. The van der Waals surface area contributed by atoms with Crippen molar-refractivity contribution in [2.45, 2.75) is 13.8 Å². The van der Waals surface area contributed by atoms with Crippen LogP contribution in [0.2, 0.25) is 0 Å². The SMILES string of the molecule is Cc1ccccc1C(=O)c1c(-c2ccccc2C)c(-n2ccccc2=O)c2ccccn12. The zero-order chi connectivity index (χ0) is 22.2. The highest BCUT2D eigenvalue weighted by Gasteiger charge is 2.27. The van der Waals surface area contributed by atoms with Gasteiger partial charge in [0.1, 0.15) is 5.69 Å². The first kappa shape index (κ1) is 19.8. The molecule has 0 atom stereocenters. The van der Waals surface area contributed by atoms with Crippen LogP contribution in [-0.4, -0.2) is 14.8 Å². The minimum Gasteiger partial charge on any atom is -0.311 e. The predicted octanol–water partition coefficient (Wildman–Crippen LogP) is 5.61. The summed E-state index contributed by atoms with van der Waals surface area (Å²) in [5.74, 6) is -0.0715. The maximum Gasteiger partial charge on any atom is 0.255 e. The molecule has 3 aromatic heterocycles. The van der Waals surface area contributed by atoms with E-state index in [-0.39, 0.29) is 11.3 Å². The summed E-state index contributed by atoms with van der Waals surface area (Å²) >= 11 is 0. The van der Waals surface area contributed by atoms with Gasteiger partial charge in [0.2, 0.25) is 5.78 Å². The summed E-state index contributed by atoms with van der Waals surface area (Å²) in [7, 11) is 0. The quantitative estimate of drug-likeness (QED) is 0.356. The molecule has 0 aliphatic carbocycles. The molecule has 0 amide bonds. The van der Waals surface area contributed by atoms with Crippen molar-refractivity contribution in [3.05, 3.63) is 130 Å². The summed E-state index contributed by atoms with van der Waals surface area (Å²) in [6, 6.07) is 26.5. The van der Waals surface area contributed by atoms with Crippen molar-refractivity contribution in [2.75, 3.05) is 0 Å². The number of rotatable bonds is 4. The Morgan fingerprint density at radius 1 is 0.719 bits per heavy atom. The van der Waals surface area contributed by atoms with Gasteiger partial charge in [-0.25, -0.2) is 0 Å². The van der Waals surface area contributed by atoms with Crippen molar-refractivity contribution in [3.63, 3.8) is 0 Å². The first-order valence-electron chi connectivity index (χ1n) is 10.6. The molecule has 2 aromatic carbocycles. The Morgan fingerprint density at radius 3 is 2.12 bits per heavy atom. The lowest BCUT2D eigenvalue weighted by atomic mass is 9.94. The summed E-state index contributed by atoms with van der Waals surface area (Å²) in [6.45, 7) is 3.97. The number of aryl methyl sites for hydroxylation is 2. The van der Waals surface area contributed by atoms with Gasteiger partial charge in [0.15, 0.2) is 0 Å². The van der Waals surface area contributed by atoms with Crippen molar-refractivity contribution in [3.8, 4) is 16.8 Å². The van der Waals surface area contributed by atoms with Crippen molar-refractivity contribution in [2.24, 2.45) is 0 Å². The normalized spacial score (nSPS) is 11.1. The number of aromatic nitrogens is 2. The highest BCUT2D eigenvalue weighted by molar-refractivity contribution is 6.15. The van der Waals surface area contributed by atoms with E-state index in [1.54, 1.807) is 16.8 Å². The Labute approximate surface area is 186 Å². The number of carbonyl (C=O) groups is 1. The number of ketones is 1. The fourth-order valence-corrected chi connectivity index (χ4v) is 4.33. The number of nitrogens with zero attached hydrogens (tertiary/aromatic N) is 2. The molecule has 4 nitrogen and oxygen atoms in total. The van der Waals surface area contributed by atoms with Crippen molar-refractivity contribution in [1.29, 1.82) is 0 Å². The number of benzene rings is 2. The van der Waals surface area contributed by atoms with E-state index >= 15 is 0 Å². The maximum atomic E-state index is 14.0. The van der Waals surface area contributed by atoms with Crippen LogP contribution in [0.25, 0.3) is 22.3 Å². The summed E-state index contributed by atoms with van der Waals surface area (Å²) < 4.78 is 3.54. The van der Waals surface area contributed by atoms with Crippen LogP contribution >= 0.6 is 0 Å². The molecule has 0 radical (unpaired) electrons. The lowest BCUT2D eigenvalue weighted by Gasteiger charge is -2.13. The van der Waals surface area contributed by atoms with E-state index in [1.807, 2.05) is 97.2 Å². The number of fused-ring (bicyclic) bond motifs is 1. The Bertz CT molecular complexity index is 1540. The van der Waals surface area contributed by atoms with Crippen LogP contribution in [0.4, 0.5) is 0 Å². The van der Waals surface area contributed by atoms with Crippen LogP contribution in [0.1, 0.15) is 27.2 Å². The largest absolute Gasteiger partial charge is 0.311 e. The molecule has 3 heterocycles. The average Bonchev–Trinajstić information content (AvgIpc) is 3.14. The minimum absolute atomic E-state index is 0.0715. The molecule has 5 aromatic rings. The van der Waals surface area contributed by atoms with Crippen LogP contribution in [0.15, 0.2) is 102 Å². The van der Waals surface area contributed by atoms with Crippen LogP contribution < -0.4 is 5.56 Å². The molecular weight excluding hydrogens is 396 g/mol. The first-order chi connectivity index (χ1) is 15.6. The molecule has 4 heteroatoms. The minimum atomic E-state index is -0.145. The second-order valence-electron chi connectivity index (χ2n) is 7.90. The van der Waals surface area contributed by atoms with Crippen LogP contribution in [0.3, 0.4) is 0 Å². The third-order valence-electron chi connectivity index (χ3n) is 5.90. The van der Waals surface area contributed by atoms with E-state index in [0.717, 1.165) is 27.8 Å². The van der Waals surface area contributed by atoms with Gasteiger partial charge in [0.05, 0.1) is 11.2 Å². The second kappa shape index (κ2) is 7.82. The average molecular weight is 418 g/mol. The van der Waals surface area contributed by atoms with Crippen LogP contribution in [0, 0.1) is 13.8 Å². The van der Waals surface area contributed by atoms with Crippen molar-refractivity contribution < 1.29 is 4.79 Å². The maximum absolute atomic E-state index is 14.0. The lowest BCUT2D eigenvalue weighted by molar-refractivity contribution is 0.103. The fourth-order valence-electron chi connectivity index (χ4n) is 4.33.